The topological polar surface area (TPSA) is 115 Å². The molecule has 0 bridgehead atoms. The molecule has 0 saturated heterocycles. The summed E-state index contributed by atoms with van der Waals surface area (Å²) >= 11 is 5.89. The second kappa shape index (κ2) is 8.43. The van der Waals surface area contributed by atoms with Crippen LogP contribution in [0.15, 0.2) is 23.4 Å². The van der Waals surface area contributed by atoms with Crippen LogP contribution < -0.4 is 10.2 Å². The van der Waals surface area contributed by atoms with Crippen molar-refractivity contribution >= 4 is 39.6 Å². The zero-order valence-corrected chi connectivity index (χ0v) is 19.0. The summed E-state index contributed by atoms with van der Waals surface area (Å²) in [5, 5.41) is 23.8. The molecule has 166 valence electrons. The van der Waals surface area contributed by atoms with Crippen molar-refractivity contribution in [3.63, 3.8) is 0 Å². The number of nitrogens with one attached hydrogen (secondary N) is 1. The molecule has 2 N–H and O–H groups in total. The van der Waals surface area contributed by atoms with Crippen LogP contribution in [0.3, 0.4) is 0 Å². The maximum atomic E-state index is 12.8. The lowest BCUT2D eigenvalue weighted by Crippen LogP contribution is -2.48. The van der Waals surface area contributed by atoms with Crippen LogP contribution in [0.4, 0.5) is 11.6 Å². The normalized spacial score (nSPS) is 21.3. The van der Waals surface area contributed by atoms with Gasteiger partial charge in [0.1, 0.15) is 17.7 Å². The Kier molecular flexibility index (Phi) is 5.61. The third kappa shape index (κ3) is 3.66. The second-order valence-corrected chi connectivity index (χ2v) is 10.4. The smallest absolute Gasteiger partial charge is 0.154 e. The molecule has 1 aliphatic carbocycles. The van der Waals surface area contributed by atoms with Crippen molar-refractivity contribution in [3.8, 4) is 6.07 Å². The molecule has 0 unspecified atom stereocenters. The lowest BCUT2D eigenvalue weighted by molar-refractivity contribution is 0.143. The summed E-state index contributed by atoms with van der Waals surface area (Å²) in [6.07, 6.45) is 9.25. The van der Waals surface area contributed by atoms with E-state index in [9.17, 15) is 14.6 Å². The number of hydrogen-bond acceptors (Lipinski definition) is 8. The monoisotopic (exact) mass is 470 g/mol. The van der Waals surface area contributed by atoms with Gasteiger partial charge in [-0.3, -0.25) is 4.21 Å². The van der Waals surface area contributed by atoms with Crippen LogP contribution in [0.5, 0.6) is 0 Å². The predicted molar refractivity (Wildman–Crippen MR) is 123 cm³/mol. The molecule has 2 aromatic rings. The predicted octanol–water partition coefficient (Wildman–Crippen LogP) is 2.68. The van der Waals surface area contributed by atoms with Crippen LogP contribution in [-0.4, -0.2) is 55.3 Å². The molecule has 8 nitrogen and oxygen atoms in total. The highest BCUT2D eigenvalue weighted by molar-refractivity contribution is 7.85. The van der Waals surface area contributed by atoms with E-state index in [4.69, 9.17) is 16.6 Å². The van der Waals surface area contributed by atoms with Crippen LogP contribution in [0.2, 0.25) is 5.02 Å². The molecule has 0 aromatic carbocycles. The summed E-state index contributed by atoms with van der Waals surface area (Å²) in [4.78, 5) is 16.1. The molecule has 10 heteroatoms. The van der Waals surface area contributed by atoms with E-state index in [1.807, 2.05) is 0 Å². The molecule has 5 rings (SSSR count). The fourth-order valence-electron chi connectivity index (χ4n) is 4.54. The first-order valence-electron chi connectivity index (χ1n) is 10.7. The summed E-state index contributed by atoms with van der Waals surface area (Å²) in [6.45, 7) is 1.23. The number of halogens is 1. The van der Waals surface area contributed by atoms with Crippen LogP contribution in [0, 0.1) is 11.3 Å². The zero-order valence-electron chi connectivity index (χ0n) is 17.5. The number of aliphatic hydroxyl groups excluding tert-OH is 1. The number of nitriles is 1. The Hall–Kier alpha value is -2.54. The lowest BCUT2D eigenvalue weighted by atomic mass is 9.77. The van der Waals surface area contributed by atoms with Crippen molar-refractivity contribution in [2.24, 2.45) is 0 Å². The van der Waals surface area contributed by atoms with E-state index in [0.29, 0.717) is 64.6 Å². The van der Waals surface area contributed by atoms with Crippen LogP contribution in [-0.2, 0) is 17.2 Å². The van der Waals surface area contributed by atoms with Gasteiger partial charge in [0.25, 0.3) is 0 Å². The molecule has 3 aliphatic rings. The quantitative estimate of drug-likeness (QED) is 0.685. The fraction of sp³-hybridized carbons (Fsp3) is 0.455. The van der Waals surface area contributed by atoms with Gasteiger partial charge in [0.05, 0.1) is 38.4 Å². The van der Waals surface area contributed by atoms with E-state index in [1.165, 1.54) is 0 Å². The number of fused-ring (bicyclic) bond motifs is 1. The fourth-order valence-corrected chi connectivity index (χ4v) is 6.02. The Bertz CT molecular complexity index is 1150. The number of anilines is 2. The van der Waals surface area contributed by atoms with Crippen molar-refractivity contribution < 1.29 is 9.32 Å². The molecule has 0 radical (unpaired) electrons. The zero-order chi connectivity index (χ0) is 22.3. The van der Waals surface area contributed by atoms with E-state index >= 15 is 0 Å². The standard InChI is InChI=1S/C22H23ClN6O2S/c23-15-11-25-19(26-12-15)14-2-7-29(8-3-14)21-17(10-24)16-4-9-32(31)18(16)20(27-21)28-22(13-30)5-1-6-22/h2,11-12,30H,1,3-9,13H2,(H,27,28)/t32-/m0/s1. The third-order valence-electron chi connectivity index (χ3n) is 6.52. The van der Waals surface area contributed by atoms with Crippen molar-refractivity contribution in [1.29, 1.82) is 5.26 Å². The molecule has 32 heavy (non-hydrogen) atoms. The van der Waals surface area contributed by atoms with E-state index < -0.39 is 16.3 Å². The van der Waals surface area contributed by atoms with Crippen molar-refractivity contribution in [1.82, 2.24) is 15.0 Å². The van der Waals surface area contributed by atoms with E-state index in [2.05, 4.69) is 32.3 Å². The molecule has 0 amide bonds. The molecule has 2 aromatic heterocycles. The van der Waals surface area contributed by atoms with Crippen LogP contribution in [0.25, 0.3) is 5.57 Å². The van der Waals surface area contributed by atoms with Gasteiger partial charge < -0.3 is 15.3 Å². The van der Waals surface area contributed by atoms with Gasteiger partial charge in [-0.25, -0.2) is 15.0 Å². The summed E-state index contributed by atoms with van der Waals surface area (Å²) in [7, 11) is -1.20. The minimum atomic E-state index is -1.20. The lowest BCUT2D eigenvalue weighted by Gasteiger charge is -2.42. The summed E-state index contributed by atoms with van der Waals surface area (Å²) in [6, 6.07) is 2.32. The first kappa shape index (κ1) is 21.3. The summed E-state index contributed by atoms with van der Waals surface area (Å²) < 4.78 is 12.8. The number of nitrogens with zero attached hydrogens (tertiary/aromatic N) is 5. The number of rotatable bonds is 5. The minimum Gasteiger partial charge on any atom is -0.394 e. The molecule has 1 saturated carbocycles. The maximum absolute atomic E-state index is 12.8. The number of aliphatic hydroxyl groups is 1. The molecular weight excluding hydrogens is 448 g/mol. The second-order valence-electron chi connectivity index (χ2n) is 8.45. The molecule has 1 atom stereocenters. The number of pyridine rings is 1. The Morgan fingerprint density at radius 3 is 2.69 bits per heavy atom. The maximum Gasteiger partial charge on any atom is 0.154 e. The molecular formula is C22H23ClN6O2S. The van der Waals surface area contributed by atoms with Crippen molar-refractivity contribution in [3.05, 3.63) is 40.4 Å². The molecule has 0 spiro atoms. The average Bonchev–Trinajstić information content (AvgIpc) is 3.18. The van der Waals surface area contributed by atoms with E-state index in [1.54, 1.807) is 12.4 Å². The Morgan fingerprint density at radius 1 is 1.31 bits per heavy atom. The van der Waals surface area contributed by atoms with Crippen molar-refractivity contribution in [2.45, 2.75) is 42.5 Å². The van der Waals surface area contributed by atoms with E-state index in [0.717, 1.165) is 30.4 Å². The Labute approximate surface area is 193 Å². The first-order chi connectivity index (χ1) is 15.5. The van der Waals surface area contributed by atoms with Gasteiger partial charge in [-0.1, -0.05) is 17.7 Å². The Morgan fingerprint density at radius 2 is 2.09 bits per heavy atom. The largest absolute Gasteiger partial charge is 0.394 e. The minimum absolute atomic E-state index is 0.00231. The highest BCUT2D eigenvalue weighted by atomic mass is 35.5. The van der Waals surface area contributed by atoms with Gasteiger partial charge in [0.2, 0.25) is 0 Å². The van der Waals surface area contributed by atoms with Crippen LogP contribution in [0.1, 0.15) is 42.6 Å². The summed E-state index contributed by atoms with van der Waals surface area (Å²) in [5.41, 5.74) is 1.94. The average molecular weight is 471 g/mol. The van der Waals surface area contributed by atoms with Gasteiger partial charge in [-0.05, 0) is 43.2 Å². The first-order valence-corrected chi connectivity index (χ1v) is 12.4. The van der Waals surface area contributed by atoms with Gasteiger partial charge in [0.15, 0.2) is 5.82 Å². The van der Waals surface area contributed by atoms with Gasteiger partial charge in [-0.2, -0.15) is 5.26 Å². The molecule has 2 aliphatic heterocycles. The summed E-state index contributed by atoms with van der Waals surface area (Å²) in [5.74, 6) is 2.30. The number of aromatic nitrogens is 3. The van der Waals surface area contributed by atoms with Crippen LogP contribution >= 0.6 is 11.6 Å². The highest BCUT2D eigenvalue weighted by Gasteiger charge is 2.39. The van der Waals surface area contributed by atoms with Gasteiger partial charge in [-0.15, -0.1) is 0 Å². The van der Waals surface area contributed by atoms with E-state index in [-0.39, 0.29) is 6.61 Å². The van der Waals surface area contributed by atoms with Gasteiger partial charge >= 0.3 is 0 Å². The van der Waals surface area contributed by atoms with Gasteiger partial charge in [0, 0.05) is 31.2 Å². The van der Waals surface area contributed by atoms with Crippen molar-refractivity contribution in [2.75, 3.05) is 35.7 Å². The highest BCUT2D eigenvalue weighted by Crippen LogP contribution is 2.41. The molecule has 1 fully saturated rings. The SMILES string of the molecule is N#Cc1c(N2CC=C(c3ncc(Cl)cn3)CC2)nc(NC2(CO)CCC2)c2c1CC[S@@]2=O. The number of hydrogen-bond donors (Lipinski definition) is 2. The Balaban J connectivity index is 1.50. The molecule has 4 heterocycles. The third-order valence-corrected chi connectivity index (χ3v) is 8.19.